The molecule has 0 saturated carbocycles. The van der Waals surface area contributed by atoms with E-state index in [1.54, 1.807) is 43.3 Å². The summed E-state index contributed by atoms with van der Waals surface area (Å²) in [5.74, 6) is -0.540. The molecule has 0 aliphatic carbocycles. The number of amides is 1. The van der Waals surface area contributed by atoms with Crippen molar-refractivity contribution >= 4 is 33.0 Å². The monoisotopic (exact) mass is 417 g/mol. The molecule has 0 atom stereocenters. The zero-order valence-corrected chi connectivity index (χ0v) is 16.4. The number of anilines is 1. The van der Waals surface area contributed by atoms with Crippen molar-refractivity contribution < 1.29 is 13.2 Å². The highest BCUT2D eigenvalue weighted by atomic mass is 35.5. The standard InChI is InChI=1S/C19H16ClN3O4S/c1-13-4-2-7-16(10-13)28(26,27)18-8-9-19(25)23(22-18)12-17(24)21-15-6-3-5-14(20)11-15/h2-11H,12H2,1H3,(H,21,24). The van der Waals surface area contributed by atoms with Crippen LogP contribution in [0.3, 0.4) is 0 Å². The van der Waals surface area contributed by atoms with Crippen LogP contribution in [0.5, 0.6) is 0 Å². The highest BCUT2D eigenvalue weighted by Gasteiger charge is 2.21. The first-order valence-corrected chi connectivity index (χ1v) is 10.1. The Morgan fingerprint density at radius 1 is 1.11 bits per heavy atom. The fourth-order valence-electron chi connectivity index (χ4n) is 2.49. The molecule has 0 unspecified atom stereocenters. The first kappa shape index (κ1) is 19.8. The molecule has 0 aliphatic heterocycles. The second-order valence-electron chi connectivity index (χ2n) is 6.05. The van der Waals surface area contributed by atoms with E-state index in [2.05, 4.69) is 10.4 Å². The predicted molar refractivity (Wildman–Crippen MR) is 105 cm³/mol. The molecule has 3 aromatic rings. The summed E-state index contributed by atoms with van der Waals surface area (Å²) in [5.41, 5.74) is 0.633. The summed E-state index contributed by atoms with van der Waals surface area (Å²) in [4.78, 5) is 24.3. The molecule has 1 amide bonds. The number of hydrogen-bond acceptors (Lipinski definition) is 5. The van der Waals surface area contributed by atoms with E-state index in [1.807, 2.05) is 0 Å². The number of benzene rings is 2. The average molecular weight is 418 g/mol. The number of hydrogen-bond donors (Lipinski definition) is 1. The third kappa shape index (κ3) is 4.47. The molecule has 2 aromatic carbocycles. The maximum atomic E-state index is 12.8. The topological polar surface area (TPSA) is 98.1 Å². The first-order valence-electron chi connectivity index (χ1n) is 8.21. The minimum absolute atomic E-state index is 0.0635. The number of aromatic nitrogens is 2. The number of carbonyl (C=O) groups is 1. The van der Waals surface area contributed by atoms with E-state index in [9.17, 15) is 18.0 Å². The number of nitrogens with one attached hydrogen (secondary N) is 1. The van der Waals surface area contributed by atoms with Crippen molar-refractivity contribution in [3.8, 4) is 0 Å². The molecule has 144 valence electrons. The summed E-state index contributed by atoms with van der Waals surface area (Å²) in [6, 6.07) is 15.1. The zero-order chi connectivity index (χ0) is 20.3. The van der Waals surface area contributed by atoms with Crippen LogP contribution in [0.1, 0.15) is 5.56 Å². The van der Waals surface area contributed by atoms with Crippen LogP contribution in [0.15, 0.2) is 75.4 Å². The van der Waals surface area contributed by atoms with Gasteiger partial charge in [-0.15, -0.1) is 0 Å². The fourth-order valence-corrected chi connectivity index (χ4v) is 3.98. The Morgan fingerprint density at radius 2 is 1.86 bits per heavy atom. The lowest BCUT2D eigenvalue weighted by Gasteiger charge is -2.09. The predicted octanol–water partition coefficient (Wildman–Crippen LogP) is 2.68. The minimum atomic E-state index is -3.92. The second-order valence-corrected chi connectivity index (χ2v) is 8.38. The van der Waals surface area contributed by atoms with Crippen LogP contribution in [-0.4, -0.2) is 24.1 Å². The molecule has 1 aromatic heterocycles. The Morgan fingerprint density at radius 3 is 2.57 bits per heavy atom. The normalized spacial score (nSPS) is 11.2. The molecule has 9 heteroatoms. The van der Waals surface area contributed by atoms with Crippen LogP contribution in [-0.2, 0) is 21.2 Å². The molecule has 1 heterocycles. The SMILES string of the molecule is Cc1cccc(S(=O)(=O)c2ccc(=O)n(CC(=O)Nc3cccc(Cl)c3)n2)c1. The largest absolute Gasteiger partial charge is 0.324 e. The lowest BCUT2D eigenvalue weighted by atomic mass is 10.2. The van der Waals surface area contributed by atoms with Gasteiger partial charge in [0, 0.05) is 16.8 Å². The van der Waals surface area contributed by atoms with Gasteiger partial charge in [0.05, 0.1) is 4.90 Å². The molecule has 3 rings (SSSR count). The van der Waals surface area contributed by atoms with E-state index in [0.29, 0.717) is 10.7 Å². The van der Waals surface area contributed by atoms with E-state index < -0.39 is 27.8 Å². The number of halogens is 1. The number of carbonyl (C=O) groups excluding carboxylic acids is 1. The van der Waals surface area contributed by atoms with Gasteiger partial charge in [0.1, 0.15) is 6.54 Å². The quantitative estimate of drug-likeness (QED) is 0.688. The van der Waals surface area contributed by atoms with Crippen molar-refractivity contribution in [1.82, 2.24) is 9.78 Å². The van der Waals surface area contributed by atoms with E-state index in [4.69, 9.17) is 11.6 Å². The Hall–Kier alpha value is -2.97. The third-order valence-corrected chi connectivity index (χ3v) is 5.70. The summed E-state index contributed by atoms with van der Waals surface area (Å²) in [7, 11) is -3.92. The maximum absolute atomic E-state index is 12.8. The van der Waals surface area contributed by atoms with Crippen LogP contribution in [0, 0.1) is 6.92 Å². The molecule has 28 heavy (non-hydrogen) atoms. The van der Waals surface area contributed by atoms with E-state index in [-0.39, 0.29) is 9.92 Å². The number of aryl methyl sites for hydroxylation is 1. The third-order valence-electron chi connectivity index (χ3n) is 3.82. The van der Waals surface area contributed by atoms with Crippen molar-refractivity contribution in [1.29, 1.82) is 0 Å². The average Bonchev–Trinajstić information content (AvgIpc) is 2.63. The second kappa shape index (κ2) is 7.95. The van der Waals surface area contributed by atoms with Crippen LogP contribution >= 0.6 is 11.6 Å². The highest BCUT2D eigenvalue weighted by Crippen LogP contribution is 2.19. The van der Waals surface area contributed by atoms with Crippen molar-refractivity contribution in [3.05, 3.63) is 81.6 Å². The van der Waals surface area contributed by atoms with Gasteiger partial charge in [0.25, 0.3) is 5.56 Å². The summed E-state index contributed by atoms with van der Waals surface area (Å²) >= 11 is 5.87. The Kier molecular flexibility index (Phi) is 5.62. The number of rotatable bonds is 5. The molecule has 0 radical (unpaired) electrons. The Balaban J connectivity index is 1.87. The molecular formula is C19H16ClN3O4S. The van der Waals surface area contributed by atoms with Gasteiger partial charge in [-0.1, -0.05) is 29.8 Å². The van der Waals surface area contributed by atoms with Crippen LogP contribution < -0.4 is 10.9 Å². The van der Waals surface area contributed by atoms with Crippen LogP contribution in [0.2, 0.25) is 5.02 Å². The molecule has 0 spiro atoms. The lowest BCUT2D eigenvalue weighted by Crippen LogP contribution is -2.30. The molecule has 0 fully saturated rings. The maximum Gasteiger partial charge on any atom is 0.267 e. The van der Waals surface area contributed by atoms with Gasteiger partial charge in [-0.3, -0.25) is 9.59 Å². The summed E-state index contributed by atoms with van der Waals surface area (Å²) < 4.78 is 26.3. The van der Waals surface area contributed by atoms with Gasteiger partial charge in [-0.05, 0) is 48.9 Å². The van der Waals surface area contributed by atoms with E-state index in [1.165, 1.54) is 12.1 Å². The molecule has 7 nitrogen and oxygen atoms in total. The van der Waals surface area contributed by atoms with Crippen molar-refractivity contribution in [3.63, 3.8) is 0 Å². The zero-order valence-electron chi connectivity index (χ0n) is 14.8. The molecule has 0 saturated heterocycles. The van der Waals surface area contributed by atoms with Crippen molar-refractivity contribution in [2.75, 3.05) is 5.32 Å². The number of sulfone groups is 1. The van der Waals surface area contributed by atoms with Gasteiger partial charge >= 0.3 is 0 Å². The van der Waals surface area contributed by atoms with Gasteiger partial charge in [0.2, 0.25) is 15.7 Å². The molecule has 0 aliphatic rings. The van der Waals surface area contributed by atoms with Gasteiger partial charge < -0.3 is 5.32 Å². The van der Waals surface area contributed by atoms with Crippen LogP contribution in [0.4, 0.5) is 5.69 Å². The summed E-state index contributed by atoms with van der Waals surface area (Å²) in [6.07, 6.45) is 0. The smallest absolute Gasteiger partial charge is 0.267 e. The highest BCUT2D eigenvalue weighted by molar-refractivity contribution is 7.91. The molecule has 1 N–H and O–H groups in total. The van der Waals surface area contributed by atoms with E-state index in [0.717, 1.165) is 22.4 Å². The van der Waals surface area contributed by atoms with Crippen LogP contribution in [0.25, 0.3) is 0 Å². The Labute approximate surface area is 166 Å². The van der Waals surface area contributed by atoms with Crippen molar-refractivity contribution in [2.45, 2.75) is 23.4 Å². The summed E-state index contributed by atoms with van der Waals surface area (Å²) in [6.45, 7) is 1.33. The first-order chi connectivity index (χ1) is 13.3. The van der Waals surface area contributed by atoms with Gasteiger partial charge in [-0.25, -0.2) is 13.1 Å². The van der Waals surface area contributed by atoms with E-state index >= 15 is 0 Å². The molecule has 0 bridgehead atoms. The summed E-state index contributed by atoms with van der Waals surface area (Å²) in [5, 5.41) is 6.59. The van der Waals surface area contributed by atoms with Gasteiger partial charge in [0.15, 0.2) is 5.03 Å². The molecular weight excluding hydrogens is 402 g/mol. The lowest BCUT2D eigenvalue weighted by molar-refractivity contribution is -0.117. The van der Waals surface area contributed by atoms with Crippen molar-refractivity contribution in [2.24, 2.45) is 0 Å². The Bertz CT molecular complexity index is 1210. The number of nitrogens with zero attached hydrogens (tertiary/aromatic N) is 2. The minimum Gasteiger partial charge on any atom is -0.324 e. The van der Waals surface area contributed by atoms with Gasteiger partial charge in [-0.2, -0.15) is 5.10 Å². The fraction of sp³-hybridized carbons (Fsp3) is 0.105.